The van der Waals surface area contributed by atoms with Gasteiger partial charge >= 0.3 is 0 Å². The van der Waals surface area contributed by atoms with Gasteiger partial charge in [0.1, 0.15) is 17.5 Å². The Hall–Kier alpha value is -3.23. The smallest absolute Gasteiger partial charge is 0.261 e. The average molecular weight is 424 g/mol. The Morgan fingerprint density at radius 1 is 1.03 bits per heavy atom. The summed E-state index contributed by atoms with van der Waals surface area (Å²) in [5.41, 5.74) is 0.765. The monoisotopic (exact) mass is 423 g/mol. The van der Waals surface area contributed by atoms with Crippen molar-refractivity contribution in [1.29, 1.82) is 0 Å². The number of hydrogen-bond donors (Lipinski definition) is 2. The molecule has 4 rings (SSSR count). The summed E-state index contributed by atoms with van der Waals surface area (Å²) >= 11 is 2.68. The second kappa shape index (κ2) is 8.42. The molecule has 0 aliphatic rings. The highest BCUT2D eigenvalue weighted by atomic mass is 32.1. The number of amides is 2. The summed E-state index contributed by atoms with van der Waals surface area (Å²) in [5, 5.41) is 7.74. The Labute approximate surface area is 175 Å². The number of aromatic nitrogens is 1. The molecule has 1 atom stereocenters. The van der Waals surface area contributed by atoms with Gasteiger partial charge < -0.3 is 15.4 Å². The molecule has 0 fully saturated rings. The number of anilines is 1. The number of thiophene rings is 1. The Balaban J connectivity index is 1.42. The van der Waals surface area contributed by atoms with Crippen molar-refractivity contribution in [1.82, 2.24) is 10.3 Å². The number of rotatable bonds is 6. The van der Waals surface area contributed by atoms with E-state index < -0.39 is 6.04 Å². The van der Waals surface area contributed by atoms with Crippen LogP contribution in [0.5, 0.6) is 11.5 Å². The van der Waals surface area contributed by atoms with E-state index in [1.54, 1.807) is 19.1 Å². The van der Waals surface area contributed by atoms with Gasteiger partial charge in [-0.2, -0.15) is 0 Å². The van der Waals surface area contributed by atoms with Crippen LogP contribution in [0, 0.1) is 0 Å². The molecule has 6 nitrogen and oxygen atoms in total. The first-order valence-corrected chi connectivity index (χ1v) is 10.6. The largest absolute Gasteiger partial charge is 0.457 e. The SMILES string of the molecule is CC(NC(=O)c1cccs1)C(=O)Nc1nc2ccc(Oc3ccccc3)cc2s1. The van der Waals surface area contributed by atoms with E-state index in [9.17, 15) is 9.59 Å². The van der Waals surface area contributed by atoms with Gasteiger partial charge in [0, 0.05) is 6.07 Å². The highest BCUT2D eigenvalue weighted by Crippen LogP contribution is 2.31. The molecular weight excluding hydrogens is 406 g/mol. The fraction of sp³-hybridized carbons (Fsp3) is 0.0952. The molecule has 0 saturated carbocycles. The van der Waals surface area contributed by atoms with E-state index in [1.807, 2.05) is 53.9 Å². The predicted molar refractivity (Wildman–Crippen MR) is 116 cm³/mol. The number of hydrogen-bond acceptors (Lipinski definition) is 6. The molecule has 0 aliphatic carbocycles. The first kappa shape index (κ1) is 19.1. The number of fused-ring (bicyclic) bond motifs is 1. The number of para-hydroxylation sites is 1. The topological polar surface area (TPSA) is 80.3 Å². The molecule has 2 aromatic carbocycles. The second-order valence-corrected chi connectivity index (χ2v) is 8.20. The number of benzene rings is 2. The molecule has 146 valence electrons. The highest BCUT2D eigenvalue weighted by Gasteiger charge is 2.18. The number of ether oxygens (including phenoxy) is 1. The summed E-state index contributed by atoms with van der Waals surface area (Å²) in [6, 6.07) is 17.9. The van der Waals surface area contributed by atoms with Gasteiger partial charge in [0.2, 0.25) is 5.91 Å². The molecule has 0 bridgehead atoms. The number of nitrogens with one attached hydrogen (secondary N) is 2. The lowest BCUT2D eigenvalue weighted by Crippen LogP contribution is -2.41. The van der Waals surface area contributed by atoms with E-state index in [2.05, 4.69) is 15.6 Å². The van der Waals surface area contributed by atoms with Crippen LogP contribution in [0.3, 0.4) is 0 Å². The molecule has 2 amide bonds. The Morgan fingerprint density at radius 3 is 2.62 bits per heavy atom. The third-order valence-corrected chi connectivity index (χ3v) is 5.86. The van der Waals surface area contributed by atoms with Crippen LogP contribution in [0.2, 0.25) is 0 Å². The number of carbonyl (C=O) groups excluding carboxylic acids is 2. The van der Waals surface area contributed by atoms with Crippen LogP contribution in [0.4, 0.5) is 5.13 Å². The molecule has 8 heteroatoms. The quantitative estimate of drug-likeness (QED) is 0.462. The standard InChI is InChI=1S/C21H17N3O3S2/c1-13(22-20(26)17-8-5-11-28-17)19(25)24-21-23-16-10-9-15(12-18(16)29-21)27-14-6-3-2-4-7-14/h2-13H,1H3,(H,22,26)(H,23,24,25). The van der Waals surface area contributed by atoms with E-state index in [0.29, 0.717) is 15.8 Å². The van der Waals surface area contributed by atoms with Crippen LogP contribution in [-0.2, 0) is 4.79 Å². The summed E-state index contributed by atoms with van der Waals surface area (Å²) in [4.78, 5) is 29.5. The third kappa shape index (κ3) is 4.61. The maximum absolute atomic E-state index is 12.4. The van der Waals surface area contributed by atoms with Gasteiger partial charge in [-0.3, -0.25) is 9.59 Å². The average Bonchev–Trinajstić information content (AvgIpc) is 3.38. The molecule has 0 spiro atoms. The summed E-state index contributed by atoms with van der Waals surface area (Å²) in [5.74, 6) is 0.853. The highest BCUT2D eigenvalue weighted by molar-refractivity contribution is 7.22. The number of thiazole rings is 1. The Bertz CT molecular complexity index is 1140. The normalized spacial score (nSPS) is 11.8. The molecule has 1 unspecified atom stereocenters. The first-order valence-electron chi connectivity index (χ1n) is 8.87. The minimum absolute atomic E-state index is 0.269. The number of nitrogens with zero attached hydrogens (tertiary/aromatic N) is 1. The molecule has 0 radical (unpaired) electrons. The fourth-order valence-corrected chi connectivity index (χ4v) is 4.13. The van der Waals surface area contributed by atoms with Gasteiger partial charge in [0.15, 0.2) is 5.13 Å². The zero-order chi connectivity index (χ0) is 20.2. The van der Waals surface area contributed by atoms with E-state index in [0.717, 1.165) is 16.0 Å². The van der Waals surface area contributed by atoms with Crippen molar-refractivity contribution in [2.24, 2.45) is 0 Å². The van der Waals surface area contributed by atoms with Gasteiger partial charge in [-0.05, 0) is 42.6 Å². The maximum atomic E-state index is 12.4. The van der Waals surface area contributed by atoms with Crippen LogP contribution in [0.15, 0.2) is 66.0 Å². The lowest BCUT2D eigenvalue weighted by Gasteiger charge is -2.12. The molecule has 2 aromatic heterocycles. The van der Waals surface area contributed by atoms with Crippen LogP contribution < -0.4 is 15.4 Å². The van der Waals surface area contributed by atoms with Crippen molar-refractivity contribution in [3.63, 3.8) is 0 Å². The molecule has 29 heavy (non-hydrogen) atoms. The molecule has 4 aromatic rings. The van der Waals surface area contributed by atoms with Crippen molar-refractivity contribution < 1.29 is 14.3 Å². The van der Waals surface area contributed by atoms with Crippen molar-refractivity contribution >= 4 is 49.8 Å². The summed E-state index contributed by atoms with van der Waals surface area (Å²) in [6.07, 6.45) is 0. The van der Waals surface area contributed by atoms with Crippen molar-refractivity contribution in [3.05, 3.63) is 70.9 Å². The molecule has 0 saturated heterocycles. The third-order valence-electron chi connectivity index (χ3n) is 4.05. The van der Waals surface area contributed by atoms with E-state index in [-0.39, 0.29) is 11.8 Å². The van der Waals surface area contributed by atoms with Gasteiger partial charge in [0.25, 0.3) is 5.91 Å². The van der Waals surface area contributed by atoms with Crippen LogP contribution >= 0.6 is 22.7 Å². The van der Waals surface area contributed by atoms with Gasteiger partial charge in [-0.25, -0.2) is 4.98 Å². The van der Waals surface area contributed by atoms with Crippen molar-refractivity contribution in [3.8, 4) is 11.5 Å². The van der Waals surface area contributed by atoms with E-state index >= 15 is 0 Å². The lowest BCUT2D eigenvalue weighted by molar-refractivity contribution is -0.117. The minimum Gasteiger partial charge on any atom is -0.457 e. The summed E-state index contributed by atoms with van der Waals surface area (Å²) in [7, 11) is 0. The van der Waals surface area contributed by atoms with E-state index in [1.165, 1.54) is 22.7 Å². The molecular formula is C21H17N3O3S2. The minimum atomic E-state index is -0.686. The first-order chi connectivity index (χ1) is 14.1. The summed E-state index contributed by atoms with van der Waals surface area (Å²) in [6.45, 7) is 1.64. The van der Waals surface area contributed by atoms with Crippen LogP contribution in [0.1, 0.15) is 16.6 Å². The van der Waals surface area contributed by atoms with Crippen LogP contribution in [-0.4, -0.2) is 22.8 Å². The zero-order valence-electron chi connectivity index (χ0n) is 15.4. The Morgan fingerprint density at radius 2 is 1.86 bits per heavy atom. The maximum Gasteiger partial charge on any atom is 0.261 e. The molecule has 2 heterocycles. The lowest BCUT2D eigenvalue weighted by atomic mass is 10.3. The van der Waals surface area contributed by atoms with Crippen LogP contribution in [0.25, 0.3) is 10.2 Å². The Kier molecular flexibility index (Phi) is 5.55. The molecule has 2 N–H and O–H groups in total. The van der Waals surface area contributed by atoms with Gasteiger partial charge in [-0.15, -0.1) is 11.3 Å². The van der Waals surface area contributed by atoms with Crippen molar-refractivity contribution in [2.45, 2.75) is 13.0 Å². The van der Waals surface area contributed by atoms with Gasteiger partial charge in [-0.1, -0.05) is 35.6 Å². The van der Waals surface area contributed by atoms with Crippen molar-refractivity contribution in [2.75, 3.05) is 5.32 Å². The van der Waals surface area contributed by atoms with E-state index in [4.69, 9.17) is 4.74 Å². The number of carbonyl (C=O) groups is 2. The van der Waals surface area contributed by atoms with Gasteiger partial charge in [0.05, 0.1) is 15.1 Å². The second-order valence-electron chi connectivity index (χ2n) is 6.23. The zero-order valence-corrected chi connectivity index (χ0v) is 17.0. The predicted octanol–water partition coefficient (Wildman–Crippen LogP) is 4.91. The fourth-order valence-electron chi connectivity index (χ4n) is 2.60. The summed E-state index contributed by atoms with van der Waals surface area (Å²) < 4.78 is 6.73. The molecule has 0 aliphatic heterocycles.